The maximum atomic E-state index is 12.2. The van der Waals surface area contributed by atoms with Crippen LogP contribution in [0.4, 0.5) is 11.4 Å². The Bertz CT molecular complexity index is 501. The Morgan fingerprint density at radius 2 is 2.19 bits per heavy atom. The van der Waals surface area contributed by atoms with Crippen molar-refractivity contribution in [3.63, 3.8) is 0 Å². The highest BCUT2D eigenvalue weighted by Crippen LogP contribution is 2.26. The lowest BCUT2D eigenvalue weighted by Crippen LogP contribution is -2.36. The van der Waals surface area contributed by atoms with Crippen LogP contribution in [0, 0.1) is 6.92 Å². The number of carbonyl (C=O) groups excluding carboxylic acids is 1. The van der Waals surface area contributed by atoms with E-state index in [0.29, 0.717) is 24.2 Å². The van der Waals surface area contributed by atoms with Crippen LogP contribution in [-0.4, -0.2) is 29.4 Å². The number of benzene rings is 1. The van der Waals surface area contributed by atoms with E-state index in [0.717, 1.165) is 17.8 Å². The maximum Gasteiger partial charge on any atom is 0.225 e. The lowest BCUT2D eigenvalue weighted by atomic mass is 10.1. The number of rotatable bonds is 5. The largest absolute Gasteiger partial charge is 0.399 e. The van der Waals surface area contributed by atoms with Gasteiger partial charge in [-0.1, -0.05) is 13.0 Å². The van der Waals surface area contributed by atoms with Crippen LogP contribution in [0.15, 0.2) is 18.2 Å². The summed E-state index contributed by atoms with van der Waals surface area (Å²) < 4.78 is 0. The van der Waals surface area contributed by atoms with Gasteiger partial charge in [0.1, 0.15) is 0 Å². The molecule has 0 radical (unpaired) electrons. The van der Waals surface area contributed by atoms with Crippen LogP contribution in [0.3, 0.4) is 0 Å². The molecule has 0 aromatic heterocycles. The number of nitrogens with zero attached hydrogens (tertiary/aromatic N) is 1. The zero-order valence-corrected chi connectivity index (χ0v) is 13.4. The molecule has 3 N–H and O–H groups in total. The van der Waals surface area contributed by atoms with Crippen molar-refractivity contribution in [2.75, 3.05) is 17.6 Å². The van der Waals surface area contributed by atoms with Gasteiger partial charge in [-0.3, -0.25) is 9.69 Å². The molecule has 0 saturated carbocycles. The molecular formula is C17H27N3O. The van der Waals surface area contributed by atoms with Gasteiger partial charge in [-0.2, -0.15) is 0 Å². The number of hydrogen-bond acceptors (Lipinski definition) is 3. The first-order valence-corrected chi connectivity index (χ1v) is 7.93. The van der Waals surface area contributed by atoms with Crippen molar-refractivity contribution < 1.29 is 4.79 Å². The lowest BCUT2D eigenvalue weighted by Gasteiger charge is -2.27. The third kappa shape index (κ3) is 3.97. The van der Waals surface area contributed by atoms with Crippen LogP contribution >= 0.6 is 0 Å². The summed E-state index contributed by atoms with van der Waals surface area (Å²) in [5, 5.41) is 2.98. The number of hydrogen-bond donors (Lipinski definition) is 2. The Balaban J connectivity index is 1.89. The van der Waals surface area contributed by atoms with E-state index in [-0.39, 0.29) is 5.91 Å². The molecule has 1 heterocycles. The van der Waals surface area contributed by atoms with Gasteiger partial charge in [0.15, 0.2) is 0 Å². The van der Waals surface area contributed by atoms with Crippen LogP contribution in [0.5, 0.6) is 0 Å². The third-order valence-corrected chi connectivity index (χ3v) is 4.56. The second kappa shape index (κ2) is 6.94. The van der Waals surface area contributed by atoms with Crippen LogP contribution in [0.25, 0.3) is 0 Å². The monoisotopic (exact) mass is 289 g/mol. The molecule has 2 unspecified atom stereocenters. The van der Waals surface area contributed by atoms with Crippen LogP contribution < -0.4 is 11.1 Å². The van der Waals surface area contributed by atoms with E-state index < -0.39 is 0 Å². The van der Waals surface area contributed by atoms with Crippen LogP contribution in [-0.2, 0) is 4.79 Å². The van der Waals surface area contributed by atoms with Crippen molar-refractivity contribution in [2.45, 2.75) is 58.5 Å². The highest BCUT2D eigenvalue weighted by atomic mass is 16.1. The minimum absolute atomic E-state index is 0.0673. The Morgan fingerprint density at radius 1 is 1.43 bits per heavy atom. The Labute approximate surface area is 127 Å². The van der Waals surface area contributed by atoms with Crippen molar-refractivity contribution in [1.29, 1.82) is 0 Å². The first kappa shape index (κ1) is 15.8. The second-order valence-electron chi connectivity index (χ2n) is 6.10. The molecule has 116 valence electrons. The van der Waals surface area contributed by atoms with Crippen molar-refractivity contribution in [1.82, 2.24) is 4.90 Å². The maximum absolute atomic E-state index is 12.2. The summed E-state index contributed by atoms with van der Waals surface area (Å²) >= 11 is 0. The summed E-state index contributed by atoms with van der Waals surface area (Å²) in [5.74, 6) is 0.0673. The molecule has 1 aromatic carbocycles. The number of likely N-dealkylation sites (tertiary alicyclic amines) is 1. The first-order chi connectivity index (χ1) is 10.0. The fourth-order valence-electron chi connectivity index (χ4n) is 3.18. The van der Waals surface area contributed by atoms with E-state index in [1.807, 2.05) is 25.1 Å². The van der Waals surface area contributed by atoms with E-state index in [9.17, 15) is 4.79 Å². The zero-order chi connectivity index (χ0) is 15.4. The molecule has 4 nitrogen and oxygen atoms in total. The molecule has 0 spiro atoms. The number of carbonyl (C=O) groups is 1. The smallest absolute Gasteiger partial charge is 0.225 e. The number of nitrogens with one attached hydrogen (secondary N) is 1. The van der Waals surface area contributed by atoms with Gasteiger partial charge < -0.3 is 11.1 Å². The average molecular weight is 289 g/mol. The van der Waals surface area contributed by atoms with E-state index in [1.165, 1.54) is 19.3 Å². The molecule has 1 aliphatic rings. The van der Waals surface area contributed by atoms with E-state index in [1.54, 1.807) is 0 Å². The minimum atomic E-state index is 0.0673. The van der Waals surface area contributed by atoms with Gasteiger partial charge in [-0.25, -0.2) is 0 Å². The number of anilines is 2. The zero-order valence-electron chi connectivity index (χ0n) is 13.4. The highest BCUT2D eigenvalue weighted by Gasteiger charge is 2.29. The topological polar surface area (TPSA) is 58.4 Å². The SMILES string of the molecule is CCC1CCC(C)N1CCC(=O)Nc1cc(N)ccc1C. The van der Waals surface area contributed by atoms with Gasteiger partial charge in [0.25, 0.3) is 0 Å². The standard InChI is InChI=1S/C17H27N3O/c1-4-15-8-6-13(3)20(15)10-9-17(21)19-16-11-14(18)7-5-12(16)2/h5,7,11,13,15H,4,6,8-10,18H2,1-3H3,(H,19,21). The van der Waals surface area contributed by atoms with Crippen molar-refractivity contribution in [3.05, 3.63) is 23.8 Å². The molecule has 1 aromatic rings. The lowest BCUT2D eigenvalue weighted by molar-refractivity contribution is -0.116. The normalized spacial score (nSPS) is 22.4. The van der Waals surface area contributed by atoms with E-state index >= 15 is 0 Å². The third-order valence-electron chi connectivity index (χ3n) is 4.56. The molecule has 2 atom stereocenters. The fraction of sp³-hybridized carbons (Fsp3) is 0.588. The highest BCUT2D eigenvalue weighted by molar-refractivity contribution is 5.92. The summed E-state index contributed by atoms with van der Waals surface area (Å²) in [7, 11) is 0. The summed E-state index contributed by atoms with van der Waals surface area (Å²) in [5.41, 5.74) is 8.31. The summed E-state index contributed by atoms with van der Waals surface area (Å²) in [6.07, 6.45) is 4.21. The van der Waals surface area contributed by atoms with Crippen molar-refractivity contribution >= 4 is 17.3 Å². The average Bonchev–Trinajstić information content (AvgIpc) is 2.81. The minimum Gasteiger partial charge on any atom is -0.399 e. The van der Waals surface area contributed by atoms with Crippen molar-refractivity contribution in [3.8, 4) is 0 Å². The van der Waals surface area contributed by atoms with Gasteiger partial charge in [0.05, 0.1) is 0 Å². The molecule has 1 aliphatic heterocycles. The summed E-state index contributed by atoms with van der Waals surface area (Å²) in [6.45, 7) is 7.30. The molecule has 0 bridgehead atoms. The first-order valence-electron chi connectivity index (χ1n) is 7.93. The summed E-state index contributed by atoms with van der Waals surface area (Å²) in [4.78, 5) is 14.6. The van der Waals surface area contributed by atoms with Gasteiger partial charge in [0.2, 0.25) is 5.91 Å². The van der Waals surface area contributed by atoms with Crippen molar-refractivity contribution in [2.24, 2.45) is 0 Å². The molecule has 2 rings (SSSR count). The van der Waals surface area contributed by atoms with E-state index in [2.05, 4.69) is 24.1 Å². The number of amides is 1. The molecular weight excluding hydrogens is 262 g/mol. The molecule has 0 aliphatic carbocycles. The number of nitrogen functional groups attached to an aromatic ring is 1. The van der Waals surface area contributed by atoms with Gasteiger partial charge in [-0.05, 0) is 50.8 Å². The molecule has 21 heavy (non-hydrogen) atoms. The Hall–Kier alpha value is -1.55. The Morgan fingerprint density at radius 3 is 2.90 bits per heavy atom. The quantitative estimate of drug-likeness (QED) is 0.819. The fourth-order valence-corrected chi connectivity index (χ4v) is 3.18. The molecule has 1 saturated heterocycles. The molecule has 1 amide bonds. The second-order valence-corrected chi connectivity index (χ2v) is 6.10. The molecule has 1 fully saturated rings. The van der Waals surface area contributed by atoms with Gasteiger partial charge >= 0.3 is 0 Å². The van der Waals surface area contributed by atoms with Gasteiger partial charge in [0, 0.05) is 36.4 Å². The predicted molar refractivity (Wildman–Crippen MR) is 88.3 cm³/mol. The van der Waals surface area contributed by atoms with Gasteiger partial charge in [-0.15, -0.1) is 0 Å². The van der Waals surface area contributed by atoms with E-state index in [4.69, 9.17) is 5.73 Å². The Kier molecular flexibility index (Phi) is 5.23. The molecule has 4 heteroatoms. The van der Waals surface area contributed by atoms with Crippen LogP contribution in [0.1, 0.15) is 45.1 Å². The van der Waals surface area contributed by atoms with Crippen LogP contribution in [0.2, 0.25) is 0 Å². The summed E-state index contributed by atoms with van der Waals surface area (Å²) in [6, 6.07) is 6.84. The number of nitrogens with two attached hydrogens (primary N) is 1. The number of aryl methyl sites for hydroxylation is 1. The predicted octanol–water partition coefficient (Wildman–Crippen LogP) is 3.17.